The molecule has 39 heavy (non-hydrogen) atoms. The van der Waals surface area contributed by atoms with E-state index >= 15 is 0 Å². The number of aryl methyl sites for hydroxylation is 2. The molecule has 3 rings (SSSR count). The second-order valence-corrected chi connectivity index (χ2v) is 12.1. The van der Waals surface area contributed by atoms with Gasteiger partial charge in [-0.1, -0.05) is 78.2 Å². The van der Waals surface area contributed by atoms with E-state index in [2.05, 4.69) is 5.32 Å². The molecule has 9 heteroatoms. The molecular formula is C30H36ClN3O4S. The SMILES string of the molecule is CC[C@H](C)NC(=O)[C@H](C)N(Cc1cccc(C)c1)C(=O)CN(c1ccccc1Cl)S(=O)(=O)c1ccc(C)cc1. The van der Waals surface area contributed by atoms with E-state index in [0.29, 0.717) is 0 Å². The van der Waals surface area contributed by atoms with Crippen molar-refractivity contribution < 1.29 is 18.0 Å². The van der Waals surface area contributed by atoms with Crippen LogP contribution in [0.25, 0.3) is 0 Å². The molecule has 0 aromatic heterocycles. The van der Waals surface area contributed by atoms with Crippen LogP contribution in [-0.2, 0) is 26.2 Å². The highest BCUT2D eigenvalue weighted by molar-refractivity contribution is 7.92. The van der Waals surface area contributed by atoms with Crippen LogP contribution in [-0.4, -0.2) is 43.8 Å². The first-order valence-corrected chi connectivity index (χ1v) is 14.7. The van der Waals surface area contributed by atoms with Crippen molar-refractivity contribution in [2.75, 3.05) is 10.8 Å². The zero-order valence-electron chi connectivity index (χ0n) is 23.0. The predicted octanol–water partition coefficient (Wildman–Crippen LogP) is 5.48. The third-order valence-corrected chi connectivity index (χ3v) is 8.71. The molecule has 0 spiro atoms. The molecule has 0 saturated carbocycles. The van der Waals surface area contributed by atoms with Crippen molar-refractivity contribution in [3.05, 3.63) is 94.5 Å². The Morgan fingerprint density at radius 3 is 2.21 bits per heavy atom. The maximum absolute atomic E-state index is 14.0. The summed E-state index contributed by atoms with van der Waals surface area (Å²) in [6.45, 7) is 8.92. The first kappa shape index (κ1) is 30.2. The third-order valence-electron chi connectivity index (χ3n) is 6.61. The van der Waals surface area contributed by atoms with Crippen molar-refractivity contribution in [1.29, 1.82) is 0 Å². The number of amides is 2. The van der Waals surface area contributed by atoms with Crippen molar-refractivity contribution in [3.63, 3.8) is 0 Å². The van der Waals surface area contributed by atoms with Crippen LogP contribution in [0.2, 0.25) is 5.02 Å². The monoisotopic (exact) mass is 569 g/mol. The van der Waals surface area contributed by atoms with Gasteiger partial charge in [-0.25, -0.2) is 8.42 Å². The molecule has 2 amide bonds. The summed E-state index contributed by atoms with van der Waals surface area (Å²) in [5.41, 5.74) is 2.92. The fourth-order valence-corrected chi connectivity index (χ4v) is 5.78. The molecule has 0 aliphatic heterocycles. The molecule has 0 bridgehead atoms. The van der Waals surface area contributed by atoms with Crippen molar-refractivity contribution in [1.82, 2.24) is 10.2 Å². The molecule has 2 atom stereocenters. The Balaban J connectivity index is 2.04. The highest BCUT2D eigenvalue weighted by Crippen LogP contribution is 2.31. The minimum Gasteiger partial charge on any atom is -0.352 e. The summed E-state index contributed by atoms with van der Waals surface area (Å²) in [4.78, 5) is 28.5. The Labute approximate surface area is 236 Å². The number of hydrogen-bond donors (Lipinski definition) is 1. The lowest BCUT2D eigenvalue weighted by Crippen LogP contribution is -2.52. The molecule has 0 fully saturated rings. The van der Waals surface area contributed by atoms with E-state index in [1.165, 1.54) is 17.0 Å². The van der Waals surface area contributed by atoms with Crippen molar-refractivity contribution in [2.24, 2.45) is 0 Å². The summed E-state index contributed by atoms with van der Waals surface area (Å²) >= 11 is 6.44. The summed E-state index contributed by atoms with van der Waals surface area (Å²) in [6, 6.07) is 19.6. The van der Waals surface area contributed by atoms with E-state index in [1.807, 2.05) is 52.0 Å². The maximum atomic E-state index is 14.0. The minimum atomic E-state index is -4.17. The number of para-hydroxylation sites is 1. The first-order chi connectivity index (χ1) is 18.4. The number of anilines is 1. The van der Waals surface area contributed by atoms with E-state index in [0.717, 1.165) is 27.4 Å². The van der Waals surface area contributed by atoms with Gasteiger partial charge in [-0.3, -0.25) is 13.9 Å². The summed E-state index contributed by atoms with van der Waals surface area (Å²) in [7, 11) is -4.17. The van der Waals surface area contributed by atoms with Crippen LogP contribution in [0.1, 0.15) is 43.9 Å². The Hall–Kier alpha value is -3.36. The Morgan fingerprint density at radius 1 is 0.923 bits per heavy atom. The standard InChI is InChI=1S/C30H36ClN3O4S/c1-6-23(4)32-30(36)24(5)33(19-25-11-9-10-22(3)18-25)29(35)20-34(28-13-8-7-12-27(28)31)39(37,38)26-16-14-21(2)15-17-26/h7-18,23-24H,6,19-20H2,1-5H3,(H,32,36)/t23-,24-/m0/s1. The van der Waals surface area contributed by atoms with Gasteiger partial charge in [0.05, 0.1) is 15.6 Å². The number of sulfonamides is 1. The Morgan fingerprint density at radius 2 is 1.59 bits per heavy atom. The Bertz CT molecular complexity index is 1410. The number of nitrogens with zero attached hydrogens (tertiary/aromatic N) is 2. The number of carbonyl (C=O) groups excluding carboxylic acids is 2. The topological polar surface area (TPSA) is 86.8 Å². The van der Waals surface area contributed by atoms with Crippen molar-refractivity contribution in [3.8, 4) is 0 Å². The predicted molar refractivity (Wildman–Crippen MR) is 156 cm³/mol. The number of nitrogens with one attached hydrogen (secondary N) is 1. The van der Waals surface area contributed by atoms with Gasteiger partial charge < -0.3 is 10.2 Å². The number of carbonyl (C=O) groups is 2. The summed E-state index contributed by atoms with van der Waals surface area (Å²) in [6.07, 6.45) is 0.735. The van der Waals surface area contributed by atoms with E-state index in [4.69, 9.17) is 11.6 Å². The van der Waals surface area contributed by atoms with E-state index < -0.39 is 28.5 Å². The van der Waals surface area contributed by atoms with Crippen LogP contribution in [0.5, 0.6) is 0 Å². The molecular weight excluding hydrogens is 534 g/mol. The van der Waals surface area contributed by atoms with E-state index in [9.17, 15) is 18.0 Å². The molecule has 0 radical (unpaired) electrons. The molecule has 0 heterocycles. The summed E-state index contributed by atoms with van der Waals surface area (Å²) < 4.78 is 28.7. The van der Waals surface area contributed by atoms with Gasteiger partial charge in [-0.05, 0) is 63.9 Å². The third kappa shape index (κ3) is 7.61. The zero-order valence-corrected chi connectivity index (χ0v) is 24.6. The number of hydrogen-bond acceptors (Lipinski definition) is 4. The van der Waals surface area contributed by atoms with Gasteiger partial charge in [-0.2, -0.15) is 0 Å². The second-order valence-electron chi connectivity index (χ2n) is 9.78. The molecule has 3 aromatic carbocycles. The van der Waals surface area contributed by atoms with Crippen LogP contribution >= 0.6 is 11.6 Å². The van der Waals surface area contributed by atoms with Gasteiger partial charge in [-0.15, -0.1) is 0 Å². The van der Waals surface area contributed by atoms with Crippen molar-refractivity contribution in [2.45, 2.75) is 64.6 Å². The van der Waals surface area contributed by atoms with Crippen LogP contribution in [0, 0.1) is 13.8 Å². The number of rotatable bonds is 11. The quantitative estimate of drug-likeness (QED) is 0.331. The fourth-order valence-electron chi connectivity index (χ4n) is 4.06. The molecule has 3 aromatic rings. The van der Waals surface area contributed by atoms with Crippen LogP contribution in [0.15, 0.2) is 77.7 Å². The maximum Gasteiger partial charge on any atom is 0.264 e. The number of halogens is 1. The minimum absolute atomic E-state index is 0.0358. The highest BCUT2D eigenvalue weighted by Gasteiger charge is 2.33. The lowest BCUT2D eigenvalue weighted by molar-refractivity contribution is -0.139. The number of benzene rings is 3. The van der Waals surface area contributed by atoms with Gasteiger partial charge in [0, 0.05) is 12.6 Å². The molecule has 1 N–H and O–H groups in total. The molecule has 7 nitrogen and oxygen atoms in total. The summed E-state index contributed by atoms with van der Waals surface area (Å²) in [5, 5.41) is 3.12. The highest BCUT2D eigenvalue weighted by atomic mass is 35.5. The fraction of sp³-hybridized carbons (Fsp3) is 0.333. The normalized spacial score (nSPS) is 12.9. The van der Waals surface area contributed by atoms with Gasteiger partial charge >= 0.3 is 0 Å². The van der Waals surface area contributed by atoms with Crippen LogP contribution < -0.4 is 9.62 Å². The van der Waals surface area contributed by atoms with Crippen LogP contribution in [0.4, 0.5) is 5.69 Å². The summed E-state index contributed by atoms with van der Waals surface area (Å²) in [5.74, 6) is -0.838. The lowest BCUT2D eigenvalue weighted by Gasteiger charge is -2.32. The lowest BCUT2D eigenvalue weighted by atomic mass is 10.1. The van der Waals surface area contributed by atoms with Gasteiger partial charge in [0.25, 0.3) is 10.0 Å². The first-order valence-electron chi connectivity index (χ1n) is 12.9. The Kier molecular flexibility index (Phi) is 10.2. The largest absolute Gasteiger partial charge is 0.352 e. The van der Waals surface area contributed by atoms with E-state index in [-0.39, 0.29) is 34.1 Å². The van der Waals surface area contributed by atoms with Gasteiger partial charge in [0.1, 0.15) is 12.6 Å². The van der Waals surface area contributed by atoms with Crippen molar-refractivity contribution >= 4 is 39.1 Å². The average molecular weight is 570 g/mol. The van der Waals surface area contributed by atoms with E-state index in [1.54, 1.807) is 43.3 Å². The molecule has 0 saturated heterocycles. The average Bonchev–Trinajstić information content (AvgIpc) is 2.90. The molecule has 208 valence electrons. The van der Waals surface area contributed by atoms with Gasteiger partial charge in [0.15, 0.2) is 0 Å². The molecule has 0 unspecified atom stereocenters. The molecule has 0 aliphatic carbocycles. The zero-order chi connectivity index (χ0) is 28.7. The van der Waals surface area contributed by atoms with Gasteiger partial charge in [0.2, 0.25) is 11.8 Å². The van der Waals surface area contributed by atoms with Crippen LogP contribution in [0.3, 0.4) is 0 Å². The smallest absolute Gasteiger partial charge is 0.264 e. The second kappa shape index (κ2) is 13.1. The molecule has 0 aliphatic rings.